The van der Waals surface area contributed by atoms with Crippen molar-refractivity contribution in [2.24, 2.45) is 5.92 Å². The molecule has 2 saturated heterocycles. The minimum atomic E-state index is -4.38. The molecule has 0 radical (unpaired) electrons. The van der Waals surface area contributed by atoms with E-state index in [-0.39, 0.29) is 12.3 Å². The van der Waals surface area contributed by atoms with Crippen LogP contribution in [0.5, 0.6) is 0 Å². The van der Waals surface area contributed by atoms with Crippen LogP contribution in [0.3, 0.4) is 0 Å². The summed E-state index contributed by atoms with van der Waals surface area (Å²) in [5, 5.41) is 11.5. The molecular weight excluding hydrogens is 237 g/mol. The van der Waals surface area contributed by atoms with E-state index in [1.54, 1.807) is 0 Å². The summed E-state index contributed by atoms with van der Waals surface area (Å²) in [7, 11) is 0. The predicted molar refractivity (Wildman–Crippen MR) is 53.6 cm³/mol. The Balaban J connectivity index is 2.12. The molecular formula is C10H15F3N2O2. The molecule has 2 aliphatic heterocycles. The molecule has 2 bridgehead atoms. The molecule has 0 aromatic rings. The molecule has 17 heavy (non-hydrogen) atoms. The second kappa shape index (κ2) is 4.13. The van der Waals surface area contributed by atoms with E-state index in [0.29, 0.717) is 19.5 Å². The molecule has 0 aromatic heterocycles. The highest BCUT2D eigenvalue weighted by Crippen LogP contribution is 2.36. The van der Waals surface area contributed by atoms with E-state index < -0.39 is 24.2 Å². The van der Waals surface area contributed by atoms with Gasteiger partial charge in [-0.15, -0.1) is 0 Å². The molecule has 3 atom stereocenters. The smallest absolute Gasteiger partial charge is 0.401 e. The largest absolute Gasteiger partial charge is 0.480 e. The van der Waals surface area contributed by atoms with Gasteiger partial charge in [0.15, 0.2) is 0 Å². The number of hydrogen-bond acceptors (Lipinski definition) is 3. The van der Waals surface area contributed by atoms with Crippen molar-refractivity contribution in [1.82, 2.24) is 10.2 Å². The van der Waals surface area contributed by atoms with Gasteiger partial charge < -0.3 is 10.0 Å². The first-order valence-electron chi connectivity index (χ1n) is 5.61. The lowest BCUT2D eigenvalue weighted by molar-refractivity contribution is -0.155. The van der Waals surface area contributed by atoms with Crippen LogP contribution in [0, 0.1) is 5.92 Å². The van der Waals surface area contributed by atoms with Crippen molar-refractivity contribution in [3.8, 4) is 0 Å². The Morgan fingerprint density at radius 3 is 2.76 bits per heavy atom. The predicted octanol–water partition coefficient (Wildman–Crippen LogP) is 0.687. The summed E-state index contributed by atoms with van der Waals surface area (Å²) in [5.41, 5.74) is -1.40. The molecule has 0 spiro atoms. The van der Waals surface area contributed by atoms with Crippen molar-refractivity contribution >= 4 is 5.97 Å². The monoisotopic (exact) mass is 252 g/mol. The van der Waals surface area contributed by atoms with E-state index in [4.69, 9.17) is 0 Å². The van der Waals surface area contributed by atoms with Crippen LogP contribution in [0.4, 0.5) is 13.2 Å². The summed E-state index contributed by atoms with van der Waals surface area (Å²) >= 11 is 0. The summed E-state index contributed by atoms with van der Waals surface area (Å²) in [6.45, 7) is 0.675. The third kappa shape index (κ3) is 2.40. The highest BCUT2D eigenvalue weighted by molar-refractivity contribution is 5.79. The molecule has 7 heteroatoms. The fourth-order valence-electron chi connectivity index (χ4n) is 2.82. The van der Waals surface area contributed by atoms with Crippen molar-refractivity contribution in [3.63, 3.8) is 0 Å². The maximum Gasteiger partial charge on any atom is 0.401 e. The molecule has 98 valence electrons. The Labute approximate surface area is 96.8 Å². The zero-order valence-electron chi connectivity index (χ0n) is 9.26. The molecule has 3 unspecified atom stereocenters. The van der Waals surface area contributed by atoms with Crippen molar-refractivity contribution in [1.29, 1.82) is 0 Å². The zero-order valence-corrected chi connectivity index (χ0v) is 9.26. The van der Waals surface area contributed by atoms with E-state index in [2.05, 4.69) is 10.2 Å². The number of nitrogens with zero attached hydrogens (tertiary/aromatic N) is 1. The fraction of sp³-hybridized carbons (Fsp3) is 0.900. The number of carbonyl (C=O) groups is 1. The van der Waals surface area contributed by atoms with E-state index in [1.165, 1.54) is 0 Å². The Hall–Kier alpha value is -0.820. The van der Waals surface area contributed by atoms with Gasteiger partial charge >= 0.3 is 12.1 Å². The van der Waals surface area contributed by atoms with Crippen LogP contribution in [0.1, 0.15) is 12.8 Å². The van der Waals surface area contributed by atoms with Gasteiger partial charge in [0.05, 0.1) is 6.54 Å². The Bertz CT molecular complexity index is 321. The number of nitrogens with one attached hydrogen (secondary N) is 1. The zero-order chi connectivity index (χ0) is 12.7. The average Bonchev–Trinajstić information content (AvgIpc) is 2.60. The topological polar surface area (TPSA) is 52.6 Å². The Morgan fingerprint density at radius 2 is 2.18 bits per heavy atom. The van der Waals surface area contributed by atoms with Gasteiger partial charge in [0.25, 0.3) is 0 Å². The number of rotatable bonds is 3. The summed E-state index contributed by atoms with van der Waals surface area (Å²) in [6, 6.07) is 0. The molecule has 0 amide bonds. The molecule has 2 rings (SSSR count). The first-order valence-corrected chi connectivity index (χ1v) is 5.61. The van der Waals surface area contributed by atoms with Crippen LogP contribution < -0.4 is 5.32 Å². The van der Waals surface area contributed by atoms with Gasteiger partial charge in [0.2, 0.25) is 0 Å². The quantitative estimate of drug-likeness (QED) is 0.776. The maximum atomic E-state index is 12.2. The summed E-state index contributed by atoms with van der Waals surface area (Å²) in [4.78, 5) is 13.4. The van der Waals surface area contributed by atoms with Gasteiger partial charge in [-0.3, -0.25) is 10.1 Å². The minimum absolute atomic E-state index is 0.226. The number of fused-ring (bicyclic) bond motifs is 2. The normalized spacial score (nSPS) is 37.1. The molecule has 2 fully saturated rings. The van der Waals surface area contributed by atoms with Gasteiger partial charge in [0.1, 0.15) is 5.54 Å². The van der Waals surface area contributed by atoms with Crippen LogP contribution in [-0.2, 0) is 4.79 Å². The summed E-state index contributed by atoms with van der Waals surface area (Å²) in [5.74, 6) is -1.38. The summed E-state index contributed by atoms with van der Waals surface area (Å²) in [6.07, 6.45) is -3.49. The molecule has 0 aromatic carbocycles. The fourth-order valence-corrected chi connectivity index (χ4v) is 2.82. The van der Waals surface area contributed by atoms with Crippen LogP contribution >= 0.6 is 0 Å². The standard InChI is InChI=1S/C10H15F3N2O2/c11-10(12,13)6-14-9(8(16)17)2-4-15-3-1-7(9)5-15/h7,14H,1-6H2,(H,16,17). The van der Waals surface area contributed by atoms with Crippen LogP contribution in [0.2, 0.25) is 0 Å². The van der Waals surface area contributed by atoms with E-state index >= 15 is 0 Å². The average molecular weight is 252 g/mol. The van der Waals surface area contributed by atoms with Crippen LogP contribution in [0.25, 0.3) is 0 Å². The lowest BCUT2D eigenvalue weighted by atomic mass is 9.78. The van der Waals surface area contributed by atoms with E-state index in [0.717, 1.165) is 6.54 Å². The van der Waals surface area contributed by atoms with Crippen LogP contribution in [0.15, 0.2) is 0 Å². The van der Waals surface area contributed by atoms with E-state index in [1.807, 2.05) is 0 Å². The SMILES string of the molecule is O=C(O)C1(NCC(F)(F)F)CCN2CCC1C2. The third-order valence-electron chi connectivity index (χ3n) is 3.78. The Morgan fingerprint density at radius 1 is 1.47 bits per heavy atom. The molecule has 2 aliphatic rings. The first kappa shape index (κ1) is 12.6. The van der Waals surface area contributed by atoms with Gasteiger partial charge in [0, 0.05) is 19.0 Å². The second-order valence-electron chi connectivity index (χ2n) is 4.78. The first-order chi connectivity index (χ1) is 7.83. The number of carboxylic acids is 1. The molecule has 2 heterocycles. The van der Waals surface area contributed by atoms with Crippen molar-refractivity contribution in [2.45, 2.75) is 24.6 Å². The molecule has 0 aliphatic carbocycles. The maximum absolute atomic E-state index is 12.2. The highest BCUT2D eigenvalue weighted by atomic mass is 19.4. The summed E-state index contributed by atoms with van der Waals surface area (Å²) < 4.78 is 36.7. The van der Waals surface area contributed by atoms with Gasteiger partial charge in [-0.25, -0.2) is 0 Å². The van der Waals surface area contributed by atoms with Crippen molar-refractivity contribution in [3.05, 3.63) is 0 Å². The molecule has 4 nitrogen and oxygen atoms in total. The molecule has 0 saturated carbocycles. The number of carboxylic acid groups (broad SMARTS) is 1. The van der Waals surface area contributed by atoms with E-state index in [9.17, 15) is 23.1 Å². The number of alkyl halides is 3. The number of aliphatic carboxylic acids is 1. The number of hydrogen-bond donors (Lipinski definition) is 2. The van der Waals surface area contributed by atoms with Gasteiger partial charge in [-0.1, -0.05) is 0 Å². The lowest BCUT2D eigenvalue weighted by Gasteiger charge is -2.40. The lowest BCUT2D eigenvalue weighted by Crippen LogP contribution is -2.62. The van der Waals surface area contributed by atoms with Crippen LogP contribution in [-0.4, -0.2) is 53.9 Å². The third-order valence-corrected chi connectivity index (χ3v) is 3.78. The molecule has 2 N–H and O–H groups in total. The second-order valence-corrected chi connectivity index (χ2v) is 4.78. The minimum Gasteiger partial charge on any atom is -0.480 e. The Kier molecular flexibility index (Phi) is 3.07. The van der Waals surface area contributed by atoms with Crippen molar-refractivity contribution in [2.75, 3.05) is 26.2 Å². The van der Waals surface area contributed by atoms with Gasteiger partial charge in [-0.05, 0) is 19.4 Å². The number of halogens is 3. The number of piperidine rings is 1. The van der Waals surface area contributed by atoms with Crippen molar-refractivity contribution < 1.29 is 23.1 Å². The van der Waals surface area contributed by atoms with Gasteiger partial charge in [-0.2, -0.15) is 13.2 Å². The highest BCUT2D eigenvalue weighted by Gasteiger charge is 2.52.